The number of nitrogens with zero attached hydrogens (tertiary/aromatic N) is 1. The zero-order valence-electron chi connectivity index (χ0n) is 12.9. The third kappa shape index (κ3) is 3.35. The van der Waals surface area contributed by atoms with E-state index >= 15 is 0 Å². The molecule has 0 atom stereocenters. The van der Waals surface area contributed by atoms with Gasteiger partial charge in [0, 0.05) is 13.1 Å². The molecule has 1 aliphatic heterocycles. The molecule has 120 valence electrons. The van der Waals surface area contributed by atoms with Gasteiger partial charge in [0.25, 0.3) is 0 Å². The first-order valence-corrected chi connectivity index (χ1v) is 8.92. The predicted octanol–water partition coefficient (Wildman–Crippen LogP) is 3.61. The molecule has 3 rings (SSSR count). The summed E-state index contributed by atoms with van der Waals surface area (Å²) in [4.78, 5) is 0.330. The summed E-state index contributed by atoms with van der Waals surface area (Å²) in [5.41, 5.74) is 2.92. The fraction of sp³-hybridized carbons (Fsp3) is 0.222. The molecule has 0 N–H and O–H groups in total. The van der Waals surface area contributed by atoms with E-state index in [1.54, 1.807) is 30.3 Å². The van der Waals surface area contributed by atoms with Crippen molar-refractivity contribution in [1.82, 2.24) is 4.31 Å². The predicted molar refractivity (Wildman–Crippen MR) is 88.9 cm³/mol. The lowest BCUT2D eigenvalue weighted by Crippen LogP contribution is -2.34. The quantitative estimate of drug-likeness (QED) is 0.861. The summed E-state index contributed by atoms with van der Waals surface area (Å²) >= 11 is 0. The summed E-state index contributed by atoms with van der Waals surface area (Å²) < 4.78 is 39.8. The minimum Gasteiger partial charge on any atom is -0.207 e. The molecule has 0 saturated heterocycles. The van der Waals surface area contributed by atoms with Crippen molar-refractivity contribution in [3.63, 3.8) is 0 Å². The van der Waals surface area contributed by atoms with Gasteiger partial charge in [-0.05, 0) is 54.3 Å². The third-order valence-electron chi connectivity index (χ3n) is 4.01. The molecule has 0 saturated carbocycles. The molecule has 23 heavy (non-hydrogen) atoms. The van der Waals surface area contributed by atoms with Gasteiger partial charge in [-0.15, -0.1) is 0 Å². The fourth-order valence-corrected chi connectivity index (χ4v) is 4.21. The maximum Gasteiger partial charge on any atom is 0.243 e. The van der Waals surface area contributed by atoms with Gasteiger partial charge in [-0.25, -0.2) is 12.8 Å². The summed E-state index contributed by atoms with van der Waals surface area (Å²) in [5.74, 6) is -0.270. The highest BCUT2D eigenvalue weighted by molar-refractivity contribution is 7.89. The van der Waals surface area contributed by atoms with Crippen molar-refractivity contribution in [2.24, 2.45) is 0 Å². The van der Waals surface area contributed by atoms with Crippen molar-refractivity contribution in [2.45, 2.75) is 18.2 Å². The minimum atomic E-state index is -3.47. The molecular formula is C18H18FNO2S. The molecule has 0 fully saturated rings. The summed E-state index contributed by atoms with van der Waals surface area (Å²) in [6, 6.07) is 13.2. The van der Waals surface area contributed by atoms with Crippen LogP contribution in [0.2, 0.25) is 0 Å². The highest BCUT2D eigenvalue weighted by Crippen LogP contribution is 2.26. The standard InChI is InChI=1S/C18H18FNO2S/c1-14-3-2-4-18(13-14)23(21,22)20-11-9-16(10-12-20)15-5-7-17(19)8-6-15/h2-9,13H,10-12H2,1H3. The highest BCUT2D eigenvalue weighted by atomic mass is 32.2. The monoisotopic (exact) mass is 331 g/mol. The largest absolute Gasteiger partial charge is 0.243 e. The molecule has 2 aromatic rings. The van der Waals surface area contributed by atoms with E-state index in [9.17, 15) is 12.8 Å². The second-order valence-corrected chi connectivity index (χ2v) is 7.60. The molecule has 0 radical (unpaired) electrons. The van der Waals surface area contributed by atoms with Crippen LogP contribution in [0.25, 0.3) is 5.57 Å². The highest BCUT2D eigenvalue weighted by Gasteiger charge is 2.26. The van der Waals surface area contributed by atoms with Crippen molar-refractivity contribution < 1.29 is 12.8 Å². The Hall–Kier alpha value is -1.98. The van der Waals surface area contributed by atoms with E-state index in [0.717, 1.165) is 16.7 Å². The van der Waals surface area contributed by atoms with Gasteiger partial charge in [-0.2, -0.15) is 4.31 Å². The van der Waals surface area contributed by atoms with E-state index in [-0.39, 0.29) is 5.82 Å². The van der Waals surface area contributed by atoms with Crippen LogP contribution >= 0.6 is 0 Å². The first-order chi connectivity index (χ1) is 11.0. The van der Waals surface area contributed by atoms with Crippen LogP contribution in [0, 0.1) is 12.7 Å². The van der Waals surface area contributed by atoms with E-state index in [2.05, 4.69) is 0 Å². The smallest absolute Gasteiger partial charge is 0.207 e. The van der Waals surface area contributed by atoms with Crippen LogP contribution in [-0.2, 0) is 10.0 Å². The number of sulfonamides is 1. The average molecular weight is 331 g/mol. The Bertz CT molecular complexity index is 842. The maximum atomic E-state index is 13.0. The molecule has 3 nitrogen and oxygen atoms in total. The molecule has 0 unspecified atom stereocenters. The van der Waals surface area contributed by atoms with Gasteiger partial charge >= 0.3 is 0 Å². The zero-order valence-corrected chi connectivity index (χ0v) is 13.7. The molecule has 1 aliphatic rings. The first kappa shape index (κ1) is 15.9. The Balaban J connectivity index is 1.81. The molecule has 0 aromatic heterocycles. The Morgan fingerprint density at radius 2 is 1.83 bits per heavy atom. The normalized spacial score (nSPS) is 16.2. The van der Waals surface area contributed by atoms with E-state index in [1.165, 1.54) is 16.4 Å². The number of rotatable bonds is 3. The van der Waals surface area contributed by atoms with Crippen LogP contribution in [0.15, 0.2) is 59.5 Å². The van der Waals surface area contributed by atoms with Crippen LogP contribution < -0.4 is 0 Å². The maximum absolute atomic E-state index is 13.0. The van der Waals surface area contributed by atoms with Gasteiger partial charge in [0.2, 0.25) is 10.0 Å². The van der Waals surface area contributed by atoms with E-state index < -0.39 is 10.0 Å². The zero-order chi connectivity index (χ0) is 16.4. The van der Waals surface area contributed by atoms with Crippen molar-refractivity contribution in [2.75, 3.05) is 13.1 Å². The van der Waals surface area contributed by atoms with Gasteiger partial charge < -0.3 is 0 Å². The van der Waals surface area contributed by atoms with Gasteiger partial charge in [0.1, 0.15) is 5.82 Å². The molecule has 0 amide bonds. The molecule has 5 heteroatoms. The summed E-state index contributed by atoms with van der Waals surface area (Å²) in [7, 11) is -3.47. The Labute approximate surface area is 136 Å². The lowest BCUT2D eigenvalue weighted by molar-refractivity contribution is 0.441. The Morgan fingerprint density at radius 1 is 1.09 bits per heavy atom. The fourth-order valence-electron chi connectivity index (χ4n) is 2.72. The van der Waals surface area contributed by atoms with E-state index in [1.807, 2.05) is 19.1 Å². The van der Waals surface area contributed by atoms with Gasteiger partial charge in [-0.1, -0.05) is 30.3 Å². The molecule has 1 heterocycles. The van der Waals surface area contributed by atoms with Crippen molar-refractivity contribution in [3.05, 3.63) is 71.6 Å². The van der Waals surface area contributed by atoms with Crippen molar-refractivity contribution in [3.8, 4) is 0 Å². The van der Waals surface area contributed by atoms with Crippen molar-refractivity contribution >= 4 is 15.6 Å². The van der Waals surface area contributed by atoms with Crippen LogP contribution in [0.1, 0.15) is 17.5 Å². The molecule has 0 bridgehead atoms. The van der Waals surface area contributed by atoms with Crippen LogP contribution in [0.3, 0.4) is 0 Å². The summed E-state index contributed by atoms with van der Waals surface area (Å²) in [5, 5.41) is 0. The molecular weight excluding hydrogens is 313 g/mol. The molecule has 2 aromatic carbocycles. The van der Waals surface area contributed by atoms with E-state index in [0.29, 0.717) is 24.4 Å². The van der Waals surface area contributed by atoms with Crippen LogP contribution in [-0.4, -0.2) is 25.8 Å². The van der Waals surface area contributed by atoms with Crippen LogP contribution in [0.4, 0.5) is 4.39 Å². The lowest BCUT2D eigenvalue weighted by Gasteiger charge is -2.26. The lowest BCUT2D eigenvalue weighted by atomic mass is 10.0. The topological polar surface area (TPSA) is 37.4 Å². The second-order valence-electron chi connectivity index (χ2n) is 5.67. The molecule has 0 spiro atoms. The van der Waals surface area contributed by atoms with Gasteiger partial charge in [0.05, 0.1) is 4.90 Å². The second kappa shape index (κ2) is 6.26. The van der Waals surface area contributed by atoms with Gasteiger partial charge in [-0.3, -0.25) is 0 Å². The number of hydrogen-bond donors (Lipinski definition) is 0. The van der Waals surface area contributed by atoms with Crippen LogP contribution in [0.5, 0.6) is 0 Å². The first-order valence-electron chi connectivity index (χ1n) is 7.48. The number of aryl methyl sites for hydroxylation is 1. The number of hydrogen-bond acceptors (Lipinski definition) is 2. The number of benzene rings is 2. The summed E-state index contributed by atoms with van der Waals surface area (Å²) in [6.45, 7) is 2.64. The third-order valence-corrected chi connectivity index (χ3v) is 5.88. The van der Waals surface area contributed by atoms with Gasteiger partial charge in [0.15, 0.2) is 0 Å². The minimum absolute atomic E-state index is 0.270. The summed E-state index contributed by atoms with van der Waals surface area (Å²) in [6.07, 6.45) is 2.53. The number of halogens is 1. The Kier molecular flexibility index (Phi) is 4.33. The molecule has 0 aliphatic carbocycles. The SMILES string of the molecule is Cc1cccc(S(=O)(=O)N2CC=C(c3ccc(F)cc3)CC2)c1. The van der Waals surface area contributed by atoms with Crippen molar-refractivity contribution in [1.29, 1.82) is 0 Å². The van der Waals surface area contributed by atoms with E-state index in [4.69, 9.17) is 0 Å². The Morgan fingerprint density at radius 3 is 2.43 bits per heavy atom. The average Bonchev–Trinajstić information content (AvgIpc) is 2.56.